The Balaban J connectivity index is 2.04. The number of hydrogen-bond donors (Lipinski definition) is 1. The minimum absolute atomic E-state index is 0.521. The molecule has 5 heteroatoms. The molecule has 0 spiro atoms. The van der Waals surface area contributed by atoms with E-state index in [0.717, 1.165) is 12.1 Å². The Kier molecular flexibility index (Phi) is 3.14. The van der Waals surface area contributed by atoms with Gasteiger partial charge in [0.1, 0.15) is 6.04 Å². The van der Waals surface area contributed by atoms with E-state index >= 15 is 0 Å². The maximum atomic E-state index is 10.9. The highest BCUT2D eigenvalue weighted by atomic mass is 16.4. The summed E-state index contributed by atoms with van der Waals surface area (Å²) < 4.78 is 0. The number of carbonyl (C=O) groups is 1. The van der Waals surface area contributed by atoms with Crippen LogP contribution in [0.15, 0.2) is 40.7 Å². The van der Waals surface area contributed by atoms with Gasteiger partial charge in [-0.05, 0) is 25.0 Å². The number of carboxylic acids is 1. The van der Waals surface area contributed by atoms with E-state index in [4.69, 9.17) is 5.11 Å². The van der Waals surface area contributed by atoms with Crippen LogP contribution in [0.2, 0.25) is 0 Å². The third kappa shape index (κ3) is 2.36. The maximum absolute atomic E-state index is 10.9. The van der Waals surface area contributed by atoms with Crippen molar-refractivity contribution in [2.75, 3.05) is 6.54 Å². The molecule has 0 aromatic heterocycles. The summed E-state index contributed by atoms with van der Waals surface area (Å²) in [6.07, 6.45) is 1.49. The molecule has 1 fully saturated rings. The largest absolute Gasteiger partial charge is 0.480 e. The minimum atomic E-state index is -0.829. The monoisotopic (exact) mass is 219 g/mol. The Labute approximate surface area is 93.4 Å². The summed E-state index contributed by atoms with van der Waals surface area (Å²) in [5.74, 6) is -0.829. The summed E-state index contributed by atoms with van der Waals surface area (Å²) in [5.41, 5.74) is 0.735. The van der Waals surface area contributed by atoms with Crippen LogP contribution in [0.4, 0.5) is 5.69 Å². The van der Waals surface area contributed by atoms with Crippen molar-refractivity contribution >= 4 is 11.7 Å². The fourth-order valence-electron chi connectivity index (χ4n) is 1.71. The van der Waals surface area contributed by atoms with Crippen molar-refractivity contribution in [1.29, 1.82) is 0 Å². The summed E-state index contributed by atoms with van der Waals surface area (Å²) in [4.78, 5) is 10.9. The molecule has 2 rings (SSSR count). The first-order valence-corrected chi connectivity index (χ1v) is 5.23. The second-order valence-electron chi connectivity index (χ2n) is 3.68. The Morgan fingerprint density at radius 1 is 1.38 bits per heavy atom. The highest BCUT2D eigenvalue weighted by Crippen LogP contribution is 2.19. The van der Waals surface area contributed by atoms with E-state index in [1.54, 1.807) is 0 Å². The van der Waals surface area contributed by atoms with Gasteiger partial charge in [-0.3, -0.25) is 5.01 Å². The van der Waals surface area contributed by atoms with Crippen LogP contribution in [0.1, 0.15) is 12.8 Å². The zero-order valence-corrected chi connectivity index (χ0v) is 8.78. The molecule has 0 saturated carbocycles. The Morgan fingerprint density at radius 3 is 2.81 bits per heavy atom. The zero-order chi connectivity index (χ0) is 11.4. The third-order valence-corrected chi connectivity index (χ3v) is 2.54. The lowest BCUT2D eigenvalue weighted by Gasteiger charge is -2.15. The second-order valence-corrected chi connectivity index (χ2v) is 3.68. The first-order valence-electron chi connectivity index (χ1n) is 5.23. The third-order valence-electron chi connectivity index (χ3n) is 2.54. The number of rotatable bonds is 3. The predicted octanol–water partition coefficient (Wildman–Crippen LogP) is 2.23. The molecule has 1 aromatic carbocycles. The number of carboxylic acid groups (broad SMARTS) is 1. The molecule has 16 heavy (non-hydrogen) atoms. The summed E-state index contributed by atoms with van der Waals surface area (Å²) in [5, 5.41) is 18.5. The van der Waals surface area contributed by atoms with Gasteiger partial charge < -0.3 is 5.11 Å². The van der Waals surface area contributed by atoms with Gasteiger partial charge in [-0.25, -0.2) is 4.79 Å². The molecule has 1 aliphatic heterocycles. The molecular weight excluding hydrogens is 206 g/mol. The molecule has 1 aliphatic rings. The van der Waals surface area contributed by atoms with Crippen LogP contribution in [0.5, 0.6) is 0 Å². The number of hydrogen-bond acceptors (Lipinski definition) is 3. The summed E-state index contributed by atoms with van der Waals surface area (Å²) in [6.45, 7) is 0.660. The van der Waals surface area contributed by atoms with Gasteiger partial charge in [0.2, 0.25) is 0 Å². The molecule has 0 radical (unpaired) electrons. The molecule has 0 bridgehead atoms. The number of benzene rings is 1. The maximum Gasteiger partial charge on any atom is 0.328 e. The van der Waals surface area contributed by atoms with Crippen LogP contribution >= 0.6 is 0 Å². The lowest BCUT2D eigenvalue weighted by molar-refractivity contribution is -0.142. The topological polar surface area (TPSA) is 65.3 Å². The summed E-state index contributed by atoms with van der Waals surface area (Å²) in [7, 11) is 0. The average Bonchev–Trinajstić information content (AvgIpc) is 2.76. The van der Waals surface area contributed by atoms with Crippen LogP contribution in [0.3, 0.4) is 0 Å². The smallest absolute Gasteiger partial charge is 0.328 e. The molecule has 0 aliphatic carbocycles. The van der Waals surface area contributed by atoms with Gasteiger partial charge in [-0.1, -0.05) is 23.4 Å². The van der Waals surface area contributed by atoms with E-state index in [9.17, 15) is 4.79 Å². The minimum Gasteiger partial charge on any atom is -0.480 e. The quantitative estimate of drug-likeness (QED) is 0.793. The lowest BCUT2D eigenvalue weighted by Crippen LogP contribution is -2.31. The first kappa shape index (κ1) is 10.6. The van der Waals surface area contributed by atoms with Crippen molar-refractivity contribution in [3.8, 4) is 0 Å². The van der Waals surface area contributed by atoms with Crippen LogP contribution in [-0.4, -0.2) is 28.7 Å². The molecule has 84 valence electrons. The average molecular weight is 219 g/mol. The molecule has 1 heterocycles. The van der Waals surface area contributed by atoms with Crippen LogP contribution in [-0.2, 0) is 4.79 Å². The van der Waals surface area contributed by atoms with Crippen molar-refractivity contribution in [1.82, 2.24) is 5.01 Å². The van der Waals surface area contributed by atoms with Crippen molar-refractivity contribution in [2.24, 2.45) is 10.3 Å². The van der Waals surface area contributed by atoms with E-state index in [1.165, 1.54) is 5.01 Å². The van der Waals surface area contributed by atoms with Crippen LogP contribution in [0, 0.1) is 0 Å². The summed E-state index contributed by atoms with van der Waals surface area (Å²) >= 11 is 0. The molecule has 1 saturated heterocycles. The first-order chi connectivity index (χ1) is 7.77. The van der Waals surface area contributed by atoms with E-state index in [-0.39, 0.29) is 0 Å². The van der Waals surface area contributed by atoms with Gasteiger partial charge in [0, 0.05) is 6.54 Å². The second kappa shape index (κ2) is 4.74. The molecular formula is C11H13N3O2. The van der Waals surface area contributed by atoms with Gasteiger partial charge in [0.25, 0.3) is 0 Å². The molecule has 1 atom stereocenters. The van der Waals surface area contributed by atoms with E-state index in [0.29, 0.717) is 13.0 Å². The Bertz CT molecular complexity index is 391. The van der Waals surface area contributed by atoms with Crippen LogP contribution in [0.25, 0.3) is 0 Å². The molecule has 1 aromatic rings. The molecule has 5 nitrogen and oxygen atoms in total. The van der Waals surface area contributed by atoms with Gasteiger partial charge in [0.05, 0.1) is 5.69 Å². The van der Waals surface area contributed by atoms with E-state index < -0.39 is 12.0 Å². The zero-order valence-electron chi connectivity index (χ0n) is 8.78. The van der Waals surface area contributed by atoms with Gasteiger partial charge in [-0.2, -0.15) is 0 Å². The van der Waals surface area contributed by atoms with E-state index in [2.05, 4.69) is 10.3 Å². The van der Waals surface area contributed by atoms with Crippen LogP contribution < -0.4 is 0 Å². The standard InChI is InChI=1S/C11H13N3O2/c15-11(16)10-7-4-8-14(10)13-12-9-5-2-1-3-6-9/h1-3,5-6,10H,4,7-8H2,(H,15,16). The molecule has 1 N–H and O–H groups in total. The fourth-order valence-corrected chi connectivity index (χ4v) is 1.71. The SMILES string of the molecule is O=C(O)C1CCCN1N=Nc1ccccc1. The molecule has 1 unspecified atom stereocenters. The predicted molar refractivity (Wildman–Crippen MR) is 58.3 cm³/mol. The normalized spacial score (nSPS) is 20.5. The lowest BCUT2D eigenvalue weighted by atomic mass is 10.2. The Hall–Kier alpha value is -1.91. The Morgan fingerprint density at radius 2 is 2.12 bits per heavy atom. The van der Waals surface area contributed by atoms with Crippen molar-refractivity contribution in [2.45, 2.75) is 18.9 Å². The molecule has 0 amide bonds. The highest BCUT2D eigenvalue weighted by Gasteiger charge is 2.29. The van der Waals surface area contributed by atoms with Gasteiger partial charge in [0.15, 0.2) is 0 Å². The highest BCUT2D eigenvalue weighted by molar-refractivity contribution is 5.73. The van der Waals surface area contributed by atoms with Gasteiger partial charge >= 0.3 is 5.97 Å². The van der Waals surface area contributed by atoms with Gasteiger partial charge in [-0.15, -0.1) is 5.11 Å². The summed E-state index contributed by atoms with van der Waals surface area (Å²) in [6, 6.07) is 8.77. The van der Waals surface area contributed by atoms with E-state index in [1.807, 2.05) is 30.3 Å². The van der Waals surface area contributed by atoms with Crippen molar-refractivity contribution < 1.29 is 9.90 Å². The number of aliphatic carboxylic acids is 1. The van der Waals surface area contributed by atoms with Crippen molar-refractivity contribution in [3.05, 3.63) is 30.3 Å². The van der Waals surface area contributed by atoms with Crippen molar-refractivity contribution in [3.63, 3.8) is 0 Å². The number of nitrogens with zero attached hydrogens (tertiary/aromatic N) is 3. The fraction of sp³-hybridized carbons (Fsp3) is 0.364.